The highest BCUT2D eigenvalue weighted by molar-refractivity contribution is 5.87. The zero-order valence-electron chi connectivity index (χ0n) is 10.3. The molecule has 0 saturated heterocycles. The SMILES string of the molecule is CC(c1ccccc1)c1ccc(NC(N)=O)cc1. The van der Waals surface area contributed by atoms with Gasteiger partial charge in [-0.05, 0) is 23.3 Å². The molecule has 0 aliphatic heterocycles. The van der Waals surface area contributed by atoms with Gasteiger partial charge < -0.3 is 11.1 Å². The van der Waals surface area contributed by atoms with E-state index in [0.717, 1.165) is 0 Å². The van der Waals surface area contributed by atoms with Crippen LogP contribution in [0, 0.1) is 0 Å². The molecule has 1 atom stereocenters. The molecule has 0 bridgehead atoms. The molecule has 0 spiro atoms. The number of hydrogen-bond donors (Lipinski definition) is 2. The Hall–Kier alpha value is -2.29. The van der Waals surface area contributed by atoms with Crippen LogP contribution in [0.15, 0.2) is 54.6 Å². The van der Waals surface area contributed by atoms with Gasteiger partial charge in [0.05, 0.1) is 0 Å². The van der Waals surface area contributed by atoms with Gasteiger partial charge in [-0.1, -0.05) is 49.4 Å². The quantitative estimate of drug-likeness (QED) is 0.849. The van der Waals surface area contributed by atoms with Crippen molar-refractivity contribution in [3.8, 4) is 0 Å². The van der Waals surface area contributed by atoms with Gasteiger partial charge in [0.2, 0.25) is 0 Å². The van der Waals surface area contributed by atoms with Gasteiger partial charge in [-0.3, -0.25) is 0 Å². The topological polar surface area (TPSA) is 55.1 Å². The molecule has 0 aromatic heterocycles. The third kappa shape index (κ3) is 2.88. The molecular formula is C15H16N2O. The summed E-state index contributed by atoms with van der Waals surface area (Å²) in [5.41, 5.74) is 8.25. The first-order valence-corrected chi connectivity index (χ1v) is 5.88. The van der Waals surface area contributed by atoms with Crippen LogP contribution >= 0.6 is 0 Å². The summed E-state index contributed by atoms with van der Waals surface area (Å²) in [6.45, 7) is 2.16. The van der Waals surface area contributed by atoms with E-state index >= 15 is 0 Å². The lowest BCUT2D eigenvalue weighted by Gasteiger charge is -2.13. The van der Waals surface area contributed by atoms with Gasteiger partial charge in [0.1, 0.15) is 0 Å². The summed E-state index contributed by atoms with van der Waals surface area (Å²) < 4.78 is 0. The van der Waals surface area contributed by atoms with E-state index < -0.39 is 6.03 Å². The molecule has 2 amide bonds. The average Bonchev–Trinajstić information content (AvgIpc) is 2.39. The molecule has 1 unspecified atom stereocenters. The first kappa shape index (κ1) is 12.2. The van der Waals surface area contributed by atoms with Crippen molar-refractivity contribution in [3.05, 3.63) is 65.7 Å². The molecule has 3 N–H and O–H groups in total. The second kappa shape index (κ2) is 5.36. The monoisotopic (exact) mass is 240 g/mol. The normalized spacial score (nSPS) is 11.8. The minimum Gasteiger partial charge on any atom is -0.351 e. The maximum Gasteiger partial charge on any atom is 0.316 e. The van der Waals surface area contributed by atoms with Crippen LogP contribution in [-0.4, -0.2) is 6.03 Å². The fourth-order valence-electron chi connectivity index (χ4n) is 1.93. The zero-order chi connectivity index (χ0) is 13.0. The Morgan fingerprint density at radius 1 is 1.00 bits per heavy atom. The van der Waals surface area contributed by atoms with Crippen molar-refractivity contribution in [3.63, 3.8) is 0 Å². The largest absolute Gasteiger partial charge is 0.351 e. The van der Waals surface area contributed by atoms with Crippen LogP contribution in [0.4, 0.5) is 10.5 Å². The van der Waals surface area contributed by atoms with E-state index in [9.17, 15) is 4.79 Å². The molecular weight excluding hydrogens is 224 g/mol. The van der Waals surface area contributed by atoms with Gasteiger partial charge in [0.15, 0.2) is 0 Å². The number of amides is 2. The number of rotatable bonds is 3. The number of benzene rings is 2. The fourth-order valence-corrected chi connectivity index (χ4v) is 1.93. The Morgan fingerprint density at radius 2 is 1.56 bits per heavy atom. The van der Waals surface area contributed by atoms with Crippen molar-refractivity contribution in [1.82, 2.24) is 0 Å². The van der Waals surface area contributed by atoms with Crippen LogP contribution in [0.1, 0.15) is 24.0 Å². The molecule has 0 aliphatic rings. The first-order valence-electron chi connectivity index (χ1n) is 5.88. The highest BCUT2D eigenvalue weighted by Gasteiger charge is 2.07. The van der Waals surface area contributed by atoms with Gasteiger partial charge in [0, 0.05) is 11.6 Å². The second-order valence-electron chi connectivity index (χ2n) is 4.24. The molecule has 3 heteroatoms. The van der Waals surface area contributed by atoms with Crippen LogP contribution in [0.2, 0.25) is 0 Å². The maximum absolute atomic E-state index is 10.7. The number of nitrogens with two attached hydrogens (primary N) is 1. The Bertz CT molecular complexity index is 520. The van der Waals surface area contributed by atoms with E-state index in [1.165, 1.54) is 11.1 Å². The van der Waals surface area contributed by atoms with E-state index in [4.69, 9.17) is 5.73 Å². The highest BCUT2D eigenvalue weighted by Crippen LogP contribution is 2.24. The lowest BCUT2D eigenvalue weighted by molar-refractivity contribution is 0.259. The van der Waals surface area contributed by atoms with Gasteiger partial charge in [-0.25, -0.2) is 4.79 Å². The molecule has 0 heterocycles. The predicted molar refractivity (Wildman–Crippen MR) is 73.6 cm³/mol. The number of carbonyl (C=O) groups excluding carboxylic acids is 1. The Kier molecular flexibility index (Phi) is 3.63. The molecule has 0 aliphatic carbocycles. The first-order chi connectivity index (χ1) is 8.66. The van der Waals surface area contributed by atoms with Crippen LogP contribution in [-0.2, 0) is 0 Å². The van der Waals surface area contributed by atoms with Gasteiger partial charge >= 0.3 is 6.03 Å². The standard InChI is InChI=1S/C15H16N2O/c1-11(12-5-3-2-4-6-12)13-7-9-14(10-8-13)17-15(16)18/h2-11H,1H3,(H3,16,17,18). The smallest absolute Gasteiger partial charge is 0.316 e. The molecule has 2 aromatic rings. The molecule has 0 radical (unpaired) electrons. The lowest BCUT2D eigenvalue weighted by atomic mass is 9.93. The van der Waals surface area contributed by atoms with Gasteiger partial charge in [-0.2, -0.15) is 0 Å². The summed E-state index contributed by atoms with van der Waals surface area (Å²) in [7, 11) is 0. The minimum absolute atomic E-state index is 0.328. The lowest BCUT2D eigenvalue weighted by Crippen LogP contribution is -2.19. The summed E-state index contributed by atoms with van der Waals surface area (Å²) in [5.74, 6) is 0.328. The number of carbonyl (C=O) groups is 1. The van der Waals surface area contributed by atoms with Crippen LogP contribution in [0.25, 0.3) is 0 Å². The van der Waals surface area contributed by atoms with Gasteiger partial charge in [0.25, 0.3) is 0 Å². The van der Waals surface area contributed by atoms with Crippen molar-refractivity contribution in [2.24, 2.45) is 5.73 Å². The third-order valence-electron chi connectivity index (χ3n) is 2.98. The molecule has 2 rings (SSSR count). The van der Waals surface area contributed by atoms with E-state index in [1.807, 2.05) is 42.5 Å². The van der Waals surface area contributed by atoms with Crippen molar-refractivity contribution in [2.75, 3.05) is 5.32 Å². The Balaban J connectivity index is 2.17. The molecule has 0 fully saturated rings. The predicted octanol–water partition coefficient (Wildman–Crippen LogP) is 3.33. The number of urea groups is 1. The Labute approximate surface area is 107 Å². The van der Waals surface area contributed by atoms with Gasteiger partial charge in [-0.15, -0.1) is 0 Å². The maximum atomic E-state index is 10.7. The number of primary amides is 1. The van der Waals surface area contributed by atoms with E-state index in [-0.39, 0.29) is 0 Å². The van der Waals surface area contributed by atoms with Crippen molar-refractivity contribution >= 4 is 11.7 Å². The number of anilines is 1. The molecule has 2 aromatic carbocycles. The molecule has 0 saturated carbocycles. The average molecular weight is 240 g/mol. The van der Waals surface area contributed by atoms with Crippen LogP contribution in [0.5, 0.6) is 0 Å². The fraction of sp³-hybridized carbons (Fsp3) is 0.133. The van der Waals surface area contributed by atoms with E-state index in [1.54, 1.807) is 0 Å². The summed E-state index contributed by atoms with van der Waals surface area (Å²) in [6, 6.07) is 17.5. The zero-order valence-corrected chi connectivity index (χ0v) is 10.3. The highest BCUT2D eigenvalue weighted by atomic mass is 16.2. The molecule has 3 nitrogen and oxygen atoms in total. The molecule has 92 valence electrons. The van der Waals surface area contributed by atoms with Crippen LogP contribution < -0.4 is 11.1 Å². The number of hydrogen-bond acceptors (Lipinski definition) is 1. The van der Waals surface area contributed by atoms with E-state index in [0.29, 0.717) is 11.6 Å². The second-order valence-corrected chi connectivity index (χ2v) is 4.24. The van der Waals surface area contributed by atoms with Crippen molar-refractivity contribution in [1.29, 1.82) is 0 Å². The van der Waals surface area contributed by atoms with E-state index in [2.05, 4.69) is 24.4 Å². The van der Waals surface area contributed by atoms with Crippen LogP contribution in [0.3, 0.4) is 0 Å². The van der Waals surface area contributed by atoms with Crippen molar-refractivity contribution in [2.45, 2.75) is 12.8 Å². The molecule has 18 heavy (non-hydrogen) atoms. The van der Waals surface area contributed by atoms with Crippen molar-refractivity contribution < 1.29 is 4.79 Å². The summed E-state index contributed by atoms with van der Waals surface area (Å²) in [5, 5.41) is 2.55. The summed E-state index contributed by atoms with van der Waals surface area (Å²) >= 11 is 0. The Morgan fingerprint density at radius 3 is 2.11 bits per heavy atom. The minimum atomic E-state index is -0.543. The number of nitrogens with one attached hydrogen (secondary N) is 1. The summed E-state index contributed by atoms with van der Waals surface area (Å²) in [4.78, 5) is 10.7. The summed E-state index contributed by atoms with van der Waals surface area (Å²) in [6.07, 6.45) is 0. The third-order valence-corrected chi connectivity index (χ3v) is 2.98.